The monoisotopic (exact) mass is 395 g/mol. The second-order valence-electron chi connectivity index (χ2n) is 5.99. The molecule has 0 unspecified atom stereocenters. The van der Waals surface area contributed by atoms with E-state index in [1.807, 2.05) is 13.0 Å². The van der Waals surface area contributed by atoms with Crippen molar-refractivity contribution in [2.75, 3.05) is 13.1 Å². The van der Waals surface area contributed by atoms with Gasteiger partial charge in [0.05, 0.1) is 17.4 Å². The van der Waals surface area contributed by atoms with E-state index in [2.05, 4.69) is 15.0 Å². The Balaban J connectivity index is 0.00000243. The zero-order chi connectivity index (χ0) is 17.7. The number of pyridine rings is 1. The summed E-state index contributed by atoms with van der Waals surface area (Å²) in [5.74, 6) is 0. The molecule has 0 aliphatic carbocycles. The topological polar surface area (TPSA) is 84.2 Å². The predicted molar refractivity (Wildman–Crippen MR) is 104 cm³/mol. The first kappa shape index (κ1) is 20.4. The van der Waals surface area contributed by atoms with Gasteiger partial charge in [-0.15, -0.1) is 12.4 Å². The highest BCUT2D eigenvalue weighted by Gasteiger charge is 2.17. The number of nitrogens with one attached hydrogen (secondary N) is 2. The third-order valence-corrected chi connectivity index (χ3v) is 5.49. The van der Waals surface area contributed by atoms with Crippen LogP contribution in [0.25, 0.3) is 10.8 Å². The lowest BCUT2D eigenvalue weighted by Gasteiger charge is -2.15. The molecule has 1 atom stereocenters. The predicted octanol–water partition coefficient (Wildman–Crippen LogP) is 2.75. The van der Waals surface area contributed by atoms with Gasteiger partial charge in [0.2, 0.25) is 10.0 Å². The van der Waals surface area contributed by atoms with E-state index >= 15 is 0 Å². The number of fused-ring (bicyclic) bond motifs is 1. The lowest BCUT2D eigenvalue weighted by atomic mass is 10.2. The molecule has 0 saturated carbocycles. The van der Waals surface area contributed by atoms with E-state index in [0.29, 0.717) is 6.54 Å². The van der Waals surface area contributed by atoms with Crippen molar-refractivity contribution in [2.45, 2.75) is 24.3 Å². The summed E-state index contributed by atoms with van der Waals surface area (Å²) in [6, 6.07) is 8.54. The van der Waals surface area contributed by atoms with Crippen LogP contribution in [0, 0.1) is 0 Å². The number of furan rings is 1. The summed E-state index contributed by atoms with van der Waals surface area (Å²) in [7, 11) is -3.56. The molecule has 2 N–H and O–H groups in total. The molecule has 0 aliphatic heterocycles. The molecule has 140 valence electrons. The van der Waals surface area contributed by atoms with Crippen molar-refractivity contribution < 1.29 is 12.8 Å². The normalized spacial score (nSPS) is 12.7. The molecule has 26 heavy (non-hydrogen) atoms. The second-order valence-corrected chi connectivity index (χ2v) is 7.71. The molecule has 0 spiro atoms. The fraction of sp³-hybridized carbons (Fsp3) is 0.278. The lowest BCUT2D eigenvalue weighted by Crippen LogP contribution is -2.40. The molecule has 0 aliphatic rings. The van der Waals surface area contributed by atoms with Crippen molar-refractivity contribution >= 4 is 33.2 Å². The summed E-state index contributed by atoms with van der Waals surface area (Å²) in [6.07, 6.45) is 7.56. The summed E-state index contributed by atoms with van der Waals surface area (Å²) in [4.78, 5) is 4.29. The van der Waals surface area contributed by atoms with E-state index in [0.717, 1.165) is 29.3 Å². The van der Waals surface area contributed by atoms with Crippen molar-refractivity contribution in [1.82, 2.24) is 15.0 Å². The molecule has 3 rings (SSSR count). The average Bonchev–Trinajstić information content (AvgIpc) is 3.11. The Morgan fingerprint density at radius 3 is 2.81 bits per heavy atom. The van der Waals surface area contributed by atoms with Crippen LogP contribution in [0.1, 0.15) is 12.5 Å². The summed E-state index contributed by atoms with van der Waals surface area (Å²) in [5, 5.41) is 5.01. The number of sulfonamides is 1. The summed E-state index contributed by atoms with van der Waals surface area (Å²) in [6.45, 7) is 3.15. The van der Waals surface area contributed by atoms with E-state index < -0.39 is 10.0 Å². The van der Waals surface area contributed by atoms with Crippen LogP contribution >= 0.6 is 12.4 Å². The van der Waals surface area contributed by atoms with Crippen molar-refractivity contribution in [3.8, 4) is 0 Å². The number of aromatic nitrogens is 1. The first-order valence-electron chi connectivity index (χ1n) is 8.12. The molecule has 1 aromatic carbocycles. The summed E-state index contributed by atoms with van der Waals surface area (Å²) >= 11 is 0. The van der Waals surface area contributed by atoms with E-state index in [9.17, 15) is 8.42 Å². The van der Waals surface area contributed by atoms with Gasteiger partial charge in [-0.3, -0.25) is 4.98 Å². The van der Waals surface area contributed by atoms with Gasteiger partial charge in [-0.25, -0.2) is 13.1 Å². The summed E-state index contributed by atoms with van der Waals surface area (Å²) in [5.41, 5.74) is 1.12. The lowest BCUT2D eigenvalue weighted by molar-refractivity contribution is 0.535. The van der Waals surface area contributed by atoms with Crippen LogP contribution in [0.3, 0.4) is 0 Å². The van der Waals surface area contributed by atoms with Gasteiger partial charge in [-0.05, 0) is 55.1 Å². The maximum atomic E-state index is 12.5. The molecule has 8 heteroatoms. The molecule has 0 fully saturated rings. The highest BCUT2D eigenvalue weighted by molar-refractivity contribution is 7.89. The van der Waals surface area contributed by atoms with Gasteiger partial charge in [0.15, 0.2) is 0 Å². The Bertz CT molecular complexity index is 930. The standard InChI is InChI=1S/C18H21N3O3S.ClH/c1-14(11-19-7-4-15-6-9-24-13-15)21-25(22,23)18-3-2-17-12-20-8-5-16(17)10-18;/h2-3,5-6,8-10,12-14,19,21H,4,7,11H2,1H3;1H/t14-;/m1./s1. The molecule has 2 heterocycles. The van der Waals surface area contributed by atoms with Crippen LogP contribution in [0.2, 0.25) is 0 Å². The van der Waals surface area contributed by atoms with Crippen LogP contribution in [-0.4, -0.2) is 32.5 Å². The molecule has 3 aromatic rings. The van der Waals surface area contributed by atoms with Crippen molar-refractivity contribution in [1.29, 1.82) is 0 Å². The molecule has 0 saturated heterocycles. The molecule has 6 nitrogen and oxygen atoms in total. The van der Waals surface area contributed by atoms with E-state index in [4.69, 9.17) is 4.42 Å². The van der Waals surface area contributed by atoms with Crippen LogP contribution in [0.15, 0.2) is 64.6 Å². The molecule has 0 radical (unpaired) electrons. The summed E-state index contributed by atoms with van der Waals surface area (Å²) < 4.78 is 32.8. The number of nitrogens with zero attached hydrogens (tertiary/aromatic N) is 1. The van der Waals surface area contributed by atoms with Gasteiger partial charge in [0.1, 0.15) is 0 Å². The minimum absolute atomic E-state index is 0. The largest absolute Gasteiger partial charge is 0.472 e. The maximum absolute atomic E-state index is 12.5. The highest BCUT2D eigenvalue weighted by Crippen LogP contribution is 2.18. The molecular formula is C18H22ClN3O3S. The highest BCUT2D eigenvalue weighted by atomic mass is 35.5. The SMILES string of the molecule is C[C@H](CNCCc1ccoc1)NS(=O)(=O)c1ccc2cnccc2c1.Cl. The fourth-order valence-corrected chi connectivity index (χ4v) is 3.87. The quantitative estimate of drug-likeness (QED) is 0.573. The van der Waals surface area contributed by atoms with Crippen LogP contribution in [0.4, 0.5) is 0 Å². The van der Waals surface area contributed by atoms with Gasteiger partial charge in [0.25, 0.3) is 0 Å². The van der Waals surface area contributed by atoms with Crippen molar-refractivity contribution in [3.63, 3.8) is 0 Å². The zero-order valence-electron chi connectivity index (χ0n) is 14.4. The van der Waals surface area contributed by atoms with Gasteiger partial charge in [-0.1, -0.05) is 6.07 Å². The minimum Gasteiger partial charge on any atom is -0.472 e. The third-order valence-electron chi connectivity index (χ3n) is 3.90. The van der Waals surface area contributed by atoms with Gasteiger partial charge >= 0.3 is 0 Å². The van der Waals surface area contributed by atoms with Gasteiger partial charge < -0.3 is 9.73 Å². The number of hydrogen-bond donors (Lipinski definition) is 2. The molecule has 0 amide bonds. The van der Waals surface area contributed by atoms with E-state index in [1.54, 1.807) is 49.2 Å². The van der Waals surface area contributed by atoms with Crippen LogP contribution in [0.5, 0.6) is 0 Å². The average molecular weight is 396 g/mol. The fourth-order valence-electron chi connectivity index (χ4n) is 2.59. The Morgan fingerprint density at radius 1 is 1.19 bits per heavy atom. The Morgan fingerprint density at radius 2 is 2.04 bits per heavy atom. The van der Waals surface area contributed by atoms with E-state index in [-0.39, 0.29) is 23.3 Å². The zero-order valence-corrected chi connectivity index (χ0v) is 16.0. The number of hydrogen-bond acceptors (Lipinski definition) is 5. The molecular weight excluding hydrogens is 374 g/mol. The first-order valence-corrected chi connectivity index (χ1v) is 9.61. The van der Waals surface area contributed by atoms with Gasteiger partial charge in [-0.2, -0.15) is 0 Å². The van der Waals surface area contributed by atoms with Crippen molar-refractivity contribution in [3.05, 3.63) is 60.8 Å². The Kier molecular flexibility index (Phi) is 7.16. The molecule has 0 bridgehead atoms. The number of benzene rings is 1. The Labute approximate surface area is 159 Å². The maximum Gasteiger partial charge on any atom is 0.240 e. The number of halogens is 1. The Hall–Kier alpha value is -1.93. The van der Waals surface area contributed by atoms with Gasteiger partial charge in [0, 0.05) is 30.4 Å². The van der Waals surface area contributed by atoms with E-state index in [1.165, 1.54) is 0 Å². The second kappa shape index (κ2) is 9.14. The van der Waals surface area contributed by atoms with Crippen LogP contribution in [-0.2, 0) is 16.4 Å². The minimum atomic E-state index is -3.56. The van der Waals surface area contributed by atoms with Crippen LogP contribution < -0.4 is 10.0 Å². The first-order chi connectivity index (χ1) is 12.0. The number of rotatable bonds is 8. The molecule has 2 aromatic heterocycles. The smallest absolute Gasteiger partial charge is 0.240 e. The van der Waals surface area contributed by atoms with Crippen molar-refractivity contribution in [2.24, 2.45) is 0 Å². The third kappa shape index (κ3) is 5.28.